The van der Waals surface area contributed by atoms with E-state index < -0.39 is 0 Å². The van der Waals surface area contributed by atoms with Crippen LogP contribution in [0.5, 0.6) is 5.75 Å². The number of nitrogens with one attached hydrogen (secondary N) is 1. The van der Waals surface area contributed by atoms with Crippen molar-refractivity contribution in [2.75, 3.05) is 20.1 Å². The summed E-state index contributed by atoms with van der Waals surface area (Å²) in [7, 11) is 1.68. The zero-order valence-corrected chi connectivity index (χ0v) is 16.0. The molecule has 0 saturated carbocycles. The van der Waals surface area contributed by atoms with Gasteiger partial charge in [-0.05, 0) is 54.8 Å². The van der Waals surface area contributed by atoms with Crippen LogP contribution in [0.1, 0.15) is 28.1 Å². The lowest BCUT2D eigenvalue weighted by Crippen LogP contribution is -2.52. The molecule has 6 heteroatoms. The Bertz CT molecular complexity index is 859. The highest BCUT2D eigenvalue weighted by Gasteiger charge is 2.32. The number of aromatic nitrogens is 1. The summed E-state index contributed by atoms with van der Waals surface area (Å²) in [6.45, 7) is 6.94. The van der Waals surface area contributed by atoms with Gasteiger partial charge in [0.1, 0.15) is 24.1 Å². The highest BCUT2D eigenvalue weighted by Crippen LogP contribution is 2.26. The topological polar surface area (TPSA) is 78.3 Å². The number of carbonyl (C=O) groups is 1. The number of ether oxygens (including phenoxy) is 1. The summed E-state index contributed by atoms with van der Waals surface area (Å²) in [5.41, 5.74) is 4.75. The molecule has 1 aliphatic rings. The molecule has 27 heavy (non-hydrogen) atoms. The van der Waals surface area contributed by atoms with Crippen molar-refractivity contribution in [1.82, 2.24) is 15.2 Å². The van der Waals surface area contributed by atoms with E-state index in [0.29, 0.717) is 12.3 Å². The van der Waals surface area contributed by atoms with E-state index in [1.165, 1.54) is 16.7 Å². The second-order valence-electron chi connectivity index (χ2n) is 6.96. The minimum absolute atomic E-state index is 0.106. The summed E-state index contributed by atoms with van der Waals surface area (Å²) in [5.74, 6) is 1.03. The van der Waals surface area contributed by atoms with E-state index in [2.05, 4.69) is 29.0 Å². The Morgan fingerprint density at radius 1 is 1.33 bits per heavy atom. The van der Waals surface area contributed by atoms with E-state index in [1.807, 2.05) is 30.3 Å². The monoisotopic (exact) mass is 364 g/mol. The van der Waals surface area contributed by atoms with Gasteiger partial charge in [-0.2, -0.15) is 5.26 Å². The number of nitriles is 1. The van der Waals surface area contributed by atoms with Crippen LogP contribution < -0.4 is 10.1 Å². The Morgan fingerprint density at radius 3 is 2.67 bits per heavy atom. The maximum absolute atomic E-state index is 11.6. The molecule has 0 radical (unpaired) electrons. The largest absolute Gasteiger partial charge is 0.487 e. The summed E-state index contributed by atoms with van der Waals surface area (Å²) in [6.07, 6.45) is 0. The molecule has 0 bridgehead atoms. The number of carbonyl (C=O) groups excluding carboxylic acids is 1. The zero-order chi connectivity index (χ0) is 19.4. The third-order valence-corrected chi connectivity index (χ3v) is 4.93. The summed E-state index contributed by atoms with van der Waals surface area (Å²) in [6, 6.07) is 11.4. The minimum Gasteiger partial charge on any atom is -0.487 e. The molecule has 1 N–H and O–H groups in total. The SMILES string of the molecule is CNC(=O)C1CN(Cc2c(C)cc(OCc3cccc(C#N)n3)cc2C)C1. The van der Waals surface area contributed by atoms with Crippen LogP contribution in [0.4, 0.5) is 0 Å². The van der Waals surface area contributed by atoms with Crippen molar-refractivity contribution in [3.05, 3.63) is 58.4 Å². The summed E-state index contributed by atoms with van der Waals surface area (Å²) in [4.78, 5) is 18.1. The fourth-order valence-corrected chi connectivity index (χ4v) is 3.36. The Kier molecular flexibility index (Phi) is 5.72. The second kappa shape index (κ2) is 8.19. The van der Waals surface area contributed by atoms with E-state index in [9.17, 15) is 4.79 Å². The second-order valence-corrected chi connectivity index (χ2v) is 6.96. The Labute approximate surface area is 159 Å². The van der Waals surface area contributed by atoms with Gasteiger partial charge in [-0.1, -0.05) is 6.07 Å². The molecule has 1 amide bonds. The van der Waals surface area contributed by atoms with E-state index in [1.54, 1.807) is 13.1 Å². The molecule has 3 rings (SSSR count). The molecule has 0 aliphatic carbocycles. The number of nitrogens with zero attached hydrogens (tertiary/aromatic N) is 3. The van der Waals surface area contributed by atoms with Crippen LogP contribution in [0.2, 0.25) is 0 Å². The number of amides is 1. The van der Waals surface area contributed by atoms with Crippen LogP contribution in [-0.2, 0) is 17.9 Å². The maximum Gasteiger partial charge on any atom is 0.225 e. The lowest BCUT2D eigenvalue weighted by molar-refractivity contribution is -0.129. The molecular weight excluding hydrogens is 340 g/mol. The van der Waals surface area contributed by atoms with E-state index in [0.717, 1.165) is 31.1 Å². The van der Waals surface area contributed by atoms with Gasteiger partial charge in [-0.15, -0.1) is 0 Å². The molecule has 1 fully saturated rings. The lowest BCUT2D eigenvalue weighted by atomic mass is 9.95. The van der Waals surface area contributed by atoms with Gasteiger partial charge >= 0.3 is 0 Å². The van der Waals surface area contributed by atoms with Crippen molar-refractivity contribution in [3.8, 4) is 11.8 Å². The standard InChI is InChI=1S/C21H24N4O2/c1-14-7-19(27-13-18-6-4-5-17(9-22)24-18)8-15(2)20(14)12-25-10-16(11-25)21(26)23-3/h4-8,16H,10-13H2,1-3H3,(H,23,26). The highest BCUT2D eigenvalue weighted by molar-refractivity contribution is 5.79. The average molecular weight is 364 g/mol. The van der Waals surface area contributed by atoms with Gasteiger partial charge in [0.25, 0.3) is 0 Å². The third-order valence-electron chi connectivity index (χ3n) is 4.93. The molecular formula is C21H24N4O2. The fourth-order valence-electron chi connectivity index (χ4n) is 3.36. The summed E-state index contributed by atoms with van der Waals surface area (Å²) < 4.78 is 5.88. The number of benzene rings is 1. The lowest BCUT2D eigenvalue weighted by Gasteiger charge is -2.38. The first-order valence-electron chi connectivity index (χ1n) is 9.03. The van der Waals surface area contributed by atoms with E-state index in [4.69, 9.17) is 10.00 Å². The molecule has 6 nitrogen and oxygen atoms in total. The summed E-state index contributed by atoms with van der Waals surface area (Å²) >= 11 is 0. The van der Waals surface area contributed by atoms with Gasteiger partial charge in [0, 0.05) is 26.7 Å². The molecule has 2 heterocycles. The van der Waals surface area contributed by atoms with Gasteiger partial charge in [0.05, 0.1) is 11.6 Å². The highest BCUT2D eigenvalue weighted by atomic mass is 16.5. The Balaban J connectivity index is 1.61. The van der Waals surface area contributed by atoms with Crippen LogP contribution in [-0.4, -0.2) is 35.9 Å². The first kappa shape index (κ1) is 18.9. The van der Waals surface area contributed by atoms with Crippen molar-refractivity contribution in [2.45, 2.75) is 27.0 Å². The van der Waals surface area contributed by atoms with Gasteiger partial charge in [0.15, 0.2) is 0 Å². The minimum atomic E-state index is 0.106. The molecule has 1 aromatic carbocycles. The zero-order valence-electron chi connectivity index (χ0n) is 16.0. The van der Waals surface area contributed by atoms with Gasteiger partial charge in [-0.3, -0.25) is 9.69 Å². The Hall–Kier alpha value is -2.91. The molecule has 140 valence electrons. The van der Waals surface area contributed by atoms with Crippen molar-refractivity contribution >= 4 is 5.91 Å². The van der Waals surface area contributed by atoms with Crippen LogP contribution in [0.25, 0.3) is 0 Å². The predicted octanol–water partition coefficient (Wildman–Crippen LogP) is 2.33. The molecule has 0 spiro atoms. The van der Waals surface area contributed by atoms with Gasteiger partial charge in [-0.25, -0.2) is 4.98 Å². The third kappa shape index (κ3) is 4.44. The Morgan fingerprint density at radius 2 is 2.04 bits per heavy atom. The fraction of sp³-hybridized carbons (Fsp3) is 0.381. The number of aryl methyl sites for hydroxylation is 2. The maximum atomic E-state index is 11.6. The van der Waals surface area contributed by atoms with Crippen molar-refractivity contribution in [1.29, 1.82) is 5.26 Å². The smallest absolute Gasteiger partial charge is 0.225 e. The van der Waals surface area contributed by atoms with Crippen molar-refractivity contribution in [2.24, 2.45) is 5.92 Å². The molecule has 1 saturated heterocycles. The molecule has 0 atom stereocenters. The number of likely N-dealkylation sites (tertiary alicyclic amines) is 1. The molecule has 2 aromatic rings. The van der Waals surface area contributed by atoms with Gasteiger partial charge < -0.3 is 10.1 Å². The molecule has 0 unspecified atom stereocenters. The first-order chi connectivity index (χ1) is 13.0. The quantitative estimate of drug-likeness (QED) is 0.851. The van der Waals surface area contributed by atoms with Crippen molar-refractivity contribution < 1.29 is 9.53 Å². The van der Waals surface area contributed by atoms with E-state index in [-0.39, 0.29) is 11.8 Å². The number of hydrogen-bond acceptors (Lipinski definition) is 5. The van der Waals surface area contributed by atoms with Crippen LogP contribution in [0.15, 0.2) is 30.3 Å². The average Bonchev–Trinajstić information content (AvgIpc) is 2.64. The van der Waals surface area contributed by atoms with Crippen molar-refractivity contribution in [3.63, 3.8) is 0 Å². The molecule has 1 aliphatic heterocycles. The van der Waals surface area contributed by atoms with Crippen LogP contribution >= 0.6 is 0 Å². The summed E-state index contributed by atoms with van der Waals surface area (Å²) in [5, 5.41) is 11.6. The number of hydrogen-bond donors (Lipinski definition) is 1. The van der Waals surface area contributed by atoms with Gasteiger partial charge in [0.2, 0.25) is 5.91 Å². The first-order valence-corrected chi connectivity index (χ1v) is 9.03. The number of pyridine rings is 1. The number of rotatable bonds is 6. The van der Waals surface area contributed by atoms with Crippen LogP contribution in [0.3, 0.4) is 0 Å². The predicted molar refractivity (Wildman–Crippen MR) is 102 cm³/mol. The normalized spacial score (nSPS) is 14.3. The molecule has 1 aromatic heterocycles. The van der Waals surface area contributed by atoms with E-state index >= 15 is 0 Å². The van der Waals surface area contributed by atoms with Crippen LogP contribution in [0, 0.1) is 31.1 Å².